The average Bonchev–Trinajstić information content (AvgIpc) is 3.44. The molecule has 6 heteroatoms. The number of carbonyl (C=O) groups is 3. The molecule has 0 spiro atoms. The Kier molecular flexibility index (Phi) is 61.8. The minimum Gasteiger partial charge on any atom is -0.462 e. The molecule has 0 heterocycles. The molecule has 0 aromatic heterocycles. The quantitative estimate of drug-likeness (QED) is 0.0261. The van der Waals surface area contributed by atoms with E-state index in [4.69, 9.17) is 14.2 Å². The van der Waals surface area contributed by atoms with Gasteiger partial charge in [0.2, 0.25) is 0 Å². The predicted molar refractivity (Wildman–Crippen MR) is 339 cm³/mol. The summed E-state index contributed by atoms with van der Waals surface area (Å²) in [5, 5.41) is 0. The molecule has 78 heavy (non-hydrogen) atoms. The van der Waals surface area contributed by atoms with Crippen LogP contribution in [0.25, 0.3) is 0 Å². The Morgan fingerprint density at radius 1 is 0.269 bits per heavy atom. The highest BCUT2D eigenvalue weighted by molar-refractivity contribution is 5.71. The van der Waals surface area contributed by atoms with E-state index in [0.29, 0.717) is 19.3 Å². The minimum atomic E-state index is -0.789. The van der Waals surface area contributed by atoms with E-state index < -0.39 is 6.10 Å². The number of rotatable bonds is 58. The molecule has 0 N–H and O–H groups in total. The van der Waals surface area contributed by atoms with Crippen molar-refractivity contribution in [3.63, 3.8) is 0 Å². The van der Waals surface area contributed by atoms with Crippen LogP contribution in [0, 0.1) is 0 Å². The van der Waals surface area contributed by atoms with Crippen molar-refractivity contribution in [3.05, 3.63) is 122 Å². The summed E-state index contributed by atoms with van der Waals surface area (Å²) in [4.78, 5) is 38.2. The summed E-state index contributed by atoms with van der Waals surface area (Å²) >= 11 is 0. The van der Waals surface area contributed by atoms with Gasteiger partial charge in [-0.3, -0.25) is 14.4 Å². The Bertz CT molecular complexity index is 1620. The van der Waals surface area contributed by atoms with E-state index in [1.54, 1.807) is 0 Å². The maximum absolute atomic E-state index is 12.9. The first-order valence-electron chi connectivity index (χ1n) is 32.5. The largest absolute Gasteiger partial charge is 0.462 e. The van der Waals surface area contributed by atoms with E-state index in [0.717, 1.165) is 141 Å². The fourth-order valence-electron chi connectivity index (χ4n) is 8.91. The molecule has 0 saturated carbocycles. The molecule has 0 aromatic carbocycles. The highest BCUT2D eigenvalue weighted by atomic mass is 16.6. The van der Waals surface area contributed by atoms with Crippen LogP contribution >= 0.6 is 0 Å². The molecule has 0 rings (SSSR count). The van der Waals surface area contributed by atoms with Crippen molar-refractivity contribution in [1.82, 2.24) is 0 Å². The van der Waals surface area contributed by atoms with Gasteiger partial charge in [-0.15, -0.1) is 0 Å². The van der Waals surface area contributed by atoms with E-state index in [2.05, 4.69) is 142 Å². The number of hydrogen-bond donors (Lipinski definition) is 0. The van der Waals surface area contributed by atoms with Gasteiger partial charge in [-0.25, -0.2) is 0 Å². The van der Waals surface area contributed by atoms with Crippen molar-refractivity contribution < 1.29 is 28.6 Å². The number of ether oxygens (including phenoxy) is 3. The maximum atomic E-state index is 12.9. The van der Waals surface area contributed by atoms with Gasteiger partial charge in [0, 0.05) is 19.3 Å². The lowest BCUT2D eigenvalue weighted by atomic mass is 10.0. The van der Waals surface area contributed by atoms with E-state index in [1.165, 1.54) is 116 Å². The first kappa shape index (κ1) is 73.8. The minimum absolute atomic E-state index is 0.0843. The zero-order chi connectivity index (χ0) is 56.4. The zero-order valence-electron chi connectivity index (χ0n) is 50.9. The van der Waals surface area contributed by atoms with E-state index in [1.807, 2.05) is 0 Å². The smallest absolute Gasteiger partial charge is 0.306 e. The van der Waals surface area contributed by atoms with Crippen molar-refractivity contribution in [1.29, 1.82) is 0 Å². The Morgan fingerprint density at radius 2 is 0.500 bits per heavy atom. The van der Waals surface area contributed by atoms with Gasteiger partial charge in [0.15, 0.2) is 6.10 Å². The number of hydrogen-bond acceptors (Lipinski definition) is 6. The zero-order valence-corrected chi connectivity index (χ0v) is 50.9. The molecule has 444 valence electrons. The molecular weight excluding hydrogens is 961 g/mol. The summed E-state index contributed by atoms with van der Waals surface area (Å²) in [5.74, 6) is -0.899. The van der Waals surface area contributed by atoms with E-state index in [-0.39, 0.29) is 31.1 Å². The van der Waals surface area contributed by atoms with Crippen molar-refractivity contribution in [3.8, 4) is 0 Å². The lowest BCUT2D eigenvalue weighted by molar-refractivity contribution is -0.167. The normalized spacial score (nSPS) is 12.9. The molecule has 0 saturated heterocycles. The molecule has 0 bridgehead atoms. The lowest BCUT2D eigenvalue weighted by Crippen LogP contribution is -2.30. The van der Waals surface area contributed by atoms with E-state index in [9.17, 15) is 14.4 Å². The van der Waals surface area contributed by atoms with Gasteiger partial charge in [0.05, 0.1) is 0 Å². The molecule has 0 aromatic rings. The highest BCUT2D eigenvalue weighted by Gasteiger charge is 2.19. The van der Waals surface area contributed by atoms with Crippen molar-refractivity contribution >= 4 is 17.9 Å². The molecule has 0 amide bonds. The molecule has 1 unspecified atom stereocenters. The first-order valence-corrected chi connectivity index (χ1v) is 32.5. The average molecular weight is 1080 g/mol. The molecule has 6 nitrogen and oxygen atoms in total. The molecule has 0 radical (unpaired) electrons. The molecule has 0 aliphatic heterocycles. The Labute approximate surface area is 482 Å². The second-order valence-electron chi connectivity index (χ2n) is 21.3. The SMILES string of the molecule is CC/C=C\C/C=C\C/C=C\C/C=C\C/C=C\C/C=C\C/C=C\CCCCCCCCCCCCCC(=O)OCC(COC(=O)CCCCCCCCCCCCCC)OC(=O)CCCCCCC/C=C\C/C=C\C/C=C\CC. The van der Waals surface area contributed by atoms with Crippen LogP contribution in [0.1, 0.15) is 297 Å². The van der Waals surface area contributed by atoms with Crippen LogP contribution in [-0.4, -0.2) is 37.2 Å². The fourth-order valence-corrected chi connectivity index (χ4v) is 8.91. The number of esters is 3. The molecule has 1 atom stereocenters. The van der Waals surface area contributed by atoms with Gasteiger partial charge in [-0.2, -0.15) is 0 Å². The summed E-state index contributed by atoms with van der Waals surface area (Å²) in [7, 11) is 0. The van der Waals surface area contributed by atoms with Crippen LogP contribution in [0.15, 0.2) is 122 Å². The van der Waals surface area contributed by atoms with Crippen molar-refractivity contribution in [2.24, 2.45) is 0 Å². The third-order valence-electron chi connectivity index (χ3n) is 13.7. The van der Waals surface area contributed by atoms with Gasteiger partial charge in [0.25, 0.3) is 0 Å². The van der Waals surface area contributed by atoms with Crippen LogP contribution in [-0.2, 0) is 28.6 Å². The van der Waals surface area contributed by atoms with Gasteiger partial charge >= 0.3 is 17.9 Å². The van der Waals surface area contributed by atoms with Gasteiger partial charge in [-0.1, -0.05) is 290 Å². The van der Waals surface area contributed by atoms with Crippen molar-refractivity contribution in [2.45, 2.75) is 303 Å². The Balaban J connectivity index is 4.22. The fraction of sp³-hybridized carbons (Fsp3) is 0.681. The number of carbonyl (C=O) groups excluding carboxylic acids is 3. The second kappa shape index (κ2) is 65.3. The van der Waals surface area contributed by atoms with Crippen LogP contribution in [0.2, 0.25) is 0 Å². The molecule has 0 aliphatic carbocycles. The molecule has 0 aliphatic rings. The van der Waals surface area contributed by atoms with Gasteiger partial charge in [-0.05, 0) is 109 Å². The Hall–Kier alpha value is -4.19. The predicted octanol–water partition coefficient (Wildman–Crippen LogP) is 22.4. The topological polar surface area (TPSA) is 78.9 Å². The molecule has 0 fully saturated rings. The van der Waals surface area contributed by atoms with Crippen molar-refractivity contribution in [2.75, 3.05) is 13.2 Å². The highest BCUT2D eigenvalue weighted by Crippen LogP contribution is 2.16. The van der Waals surface area contributed by atoms with Crippen LogP contribution in [0.4, 0.5) is 0 Å². The van der Waals surface area contributed by atoms with Crippen LogP contribution < -0.4 is 0 Å². The summed E-state index contributed by atoms with van der Waals surface area (Å²) < 4.78 is 16.9. The summed E-state index contributed by atoms with van der Waals surface area (Å²) in [6.45, 7) is 6.41. The molecular formula is C72H120O6. The summed E-state index contributed by atoms with van der Waals surface area (Å²) in [6.07, 6.45) is 90.7. The number of allylic oxidation sites excluding steroid dienone is 20. The monoisotopic (exact) mass is 1080 g/mol. The maximum Gasteiger partial charge on any atom is 0.306 e. The van der Waals surface area contributed by atoms with Crippen LogP contribution in [0.3, 0.4) is 0 Å². The standard InChI is InChI=1S/C72H120O6/c1-4-7-10-13-16-19-22-25-27-28-29-30-31-32-33-34-35-36-37-38-39-40-41-42-43-44-46-47-50-53-56-59-62-65-71(74)77-68-69(67-76-70(73)64-61-58-55-52-49-24-21-18-15-12-9-6-3)78-72(75)66-63-60-57-54-51-48-45-26-23-20-17-14-11-8-5-2/h7-8,10-11,16-17,19-20,25-27,29-30,32-33,35-36,38-39,45,69H,4-6,9,12-15,18,21-24,28,31,34,37,40-44,46-68H2,1-3H3/b10-7-,11-8-,19-16-,20-17-,27-25-,30-29-,33-32-,36-35-,39-38-,45-26-. The van der Waals surface area contributed by atoms with Crippen LogP contribution in [0.5, 0.6) is 0 Å². The van der Waals surface area contributed by atoms with Gasteiger partial charge in [0.1, 0.15) is 13.2 Å². The summed E-state index contributed by atoms with van der Waals surface area (Å²) in [5.41, 5.74) is 0. The Morgan fingerprint density at radius 3 is 0.782 bits per heavy atom. The first-order chi connectivity index (χ1) is 38.5. The third kappa shape index (κ3) is 62.7. The number of unbranched alkanes of at least 4 members (excludes halogenated alkanes) is 27. The summed E-state index contributed by atoms with van der Waals surface area (Å²) in [6, 6.07) is 0. The third-order valence-corrected chi connectivity index (χ3v) is 13.7. The second-order valence-corrected chi connectivity index (χ2v) is 21.3. The lowest BCUT2D eigenvalue weighted by Gasteiger charge is -2.18. The van der Waals surface area contributed by atoms with Gasteiger partial charge < -0.3 is 14.2 Å². The van der Waals surface area contributed by atoms with E-state index >= 15 is 0 Å².